The van der Waals surface area contributed by atoms with Gasteiger partial charge in [0.05, 0.1) is 16.6 Å². The quantitative estimate of drug-likeness (QED) is 0.375. The van der Waals surface area contributed by atoms with Crippen molar-refractivity contribution in [3.8, 4) is 5.75 Å². The second kappa shape index (κ2) is 11.7. The number of nitrogens with one attached hydrogen (secondary N) is 3. The molecule has 43 heavy (non-hydrogen) atoms. The number of piperidine rings is 2. The summed E-state index contributed by atoms with van der Waals surface area (Å²) < 4.78 is 22.8. The Morgan fingerprint density at radius 1 is 1.12 bits per heavy atom. The minimum atomic E-state index is -1.44. The molecule has 0 saturated carbocycles. The Kier molecular flexibility index (Phi) is 8.08. The second-order valence-corrected chi connectivity index (χ2v) is 12.7. The van der Waals surface area contributed by atoms with E-state index in [1.165, 1.54) is 6.07 Å². The van der Waals surface area contributed by atoms with Gasteiger partial charge in [-0.15, -0.1) is 0 Å². The van der Waals surface area contributed by atoms with Crippen molar-refractivity contribution in [3.63, 3.8) is 0 Å². The molecule has 1 spiro atoms. The molecule has 4 atom stereocenters. The maximum atomic E-state index is 16.4. The van der Waals surface area contributed by atoms with Gasteiger partial charge in [0.1, 0.15) is 17.3 Å². The van der Waals surface area contributed by atoms with Crippen molar-refractivity contribution in [1.29, 1.82) is 0 Å². The number of fused-ring (bicyclic) bond motifs is 2. The smallest absolute Gasteiger partial charge is 0.317 e. The SMILES string of the molecule is CNC(=O)N1CCC(Oc2ccc(Cl)c(F)c2C2NC(=O)C[C@@H](C3C=CC=C(Cl)C3)[C@]23C(=O)Nc2cc(Cl)ccc23)CC1. The summed E-state index contributed by atoms with van der Waals surface area (Å²) in [6.07, 6.45) is 6.68. The topological polar surface area (TPSA) is 99.8 Å². The molecular formula is C31H30Cl3FN4O4. The lowest BCUT2D eigenvalue weighted by Gasteiger charge is -2.49. The van der Waals surface area contributed by atoms with Gasteiger partial charge in [0.15, 0.2) is 5.82 Å². The van der Waals surface area contributed by atoms with Gasteiger partial charge in [-0.05, 0) is 54.2 Å². The Labute approximate surface area is 263 Å². The third kappa shape index (κ3) is 5.15. The standard InChI is InChI=1S/C31H30Cl3FN4O4/c1-36-30(42)39-11-9-19(10-12-39)43-24-8-7-22(34)27(35)26(24)28-31(20-6-5-18(33)14-23(20)37-29(31)41)21(15-25(40)38-28)16-3-2-4-17(32)13-16/h2-8,14,16,19,21,28H,9-13,15H2,1H3,(H,36,42)(H,37,41)(H,38,40)/t16?,21-,28?,31-/m0/s1. The average Bonchev–Trinajstić information content (AvgIpc) is 3.27. The second-order valence-electron chi connectivity index (χ2n) is 11.3. The van der Waals surface area contributed by atoms with Crippen LogP contribution in [0.1, 0.15) is 42.9 Å². The summed E-state index contributed by atoms with van der Waals surface area (Å²) in [5.74, 6) is -2.20. The molecule has 2 saturated heterocycles. The van der Waals surface area contributed by atoms with Gasteiger partial charge in [0.2, 0.25) is 11.8 Å². The van der Waals surface area contributed by atoms with Crippen molar-refractivity contribution in [1.82, 2.24) is 15.5 Å². The first-order valence-corrected chi connectivity index (χ1v) is 15.3. The van der Waals surface area contributed by atoms with Crippen molar-refractivity contribution in [3.05, 3.63) is 80.6 Å². The molecule has 6 rings (SSSR count). The van der Waals surface area contributed by atoms with Crippen molar-refractivity contribution in [2.24, 2.45) is 11.8 Å². The number of hydrogen-bond acceptors (Lipinski definition) is 4. The first-order valence-electron chi connectivity index (χ1n) is 14.2. The highest BCUT2D eigenvalue weighted by molar-refractivity contribution is 6.31. The number of anilines is 1. The number of carbonyl (C=O) groups excluding carboxylic acids is 3. The number of hydrogen-bond donors (Lipinski definition) is 3. The molecule has 226 valence electrons. The maximum Gasteiger partial charge on any atom is 0.317 e. The predicted octanol–water partition coefficient (Wildman–Crippen LogP) is 6.08. The zero-order chi connectivity index (χ0) is 30.5. The predicted molar refractivity (Wildman–Crippen MR) is 163 cm³/mol. The van der Waals surface area contributed by atoms with Crippen LogP contribution < -0.4 is 20.7 Å². The summed E-state index contributed by atoms with van der Waals surface area (Å²) in [7, 11) is 1.58. The zero-order valence-electron chi connectivity index (χ0n) is 23.3. The summed E-state index contributed by atoms with van der Waals surface area (Å²) in [5.41, 5.74) is -0.348. The van der Waals surface area contributed by atoms with Crippen LogP contribution in [0.15, 0.2) is 53.6 Å². The van der Waals surface area contributed by atoms with Gasteiger partial charge in [-0.1, -0.05) is 53.0 Å². The van der Waals surface area contributed by atoms with Gasteiger partial charge in [0.25, 0.3) is 0 Å². The van der Waals surface area contributed by atoms with E-state index in [1.54, 1.807) is 42.3 Å². The summed E-state index contributed by atoms with van der Waals surface area (Å²) >= 11 is 19.1. The normalized spacial score (nSPS) is 27.0. The minimum absolute atomic E-state index is 0.00124. The highest BCUT2D eigenvalue weighted by Crippen LogP contribution is 2.59. The number of likely N-dealkylation sites (tertiary alicyclic amines) is 1. The molecular weight excluding hydrogens is 618 g/mol. The molecule has 2 aromatic rings. The molecule has 2 fully saturated rings. The Bertz CT molecular complexity index is 1560. The first kappa shape index (κ1) is 29.8. The number of amides is 4. The lowest BCUT2D eigenvalue weighted by Crippen LogP contribution is -2.59. The highest BCUT2D eigenvalue weighted by atomic mass is 35.5. The zero-order valence-corrected chi connectivity index (χ0v) is 25.5. The summed E-state index contributed by atoms with van der Waals surface area (Å²) in [5, 5.41) is 9.41. The van der Waals surface area contributed by atoms with E-state index < -0.39 is 23.2 Å². The number of benzene rings is 2. The largest absolute Gasteiger partial charge is 0.490 e. The monoisotopic (exact) mass is 646 g/mol. The molecule has 0 bridgehead atoms. The van der Waals surface area contributed by atoms with E-state index in [1.807, 2.05) is 12.2 Å². The summed E-state index contributed by atoms with van der Waals surface area (Å²) in [6.45, 7) is 0.918. The van der Waals surface area contributed by atoms with Crippen LogP contribution in [-0.4, -0.2) is 49.0 Å². The molecule has 4 amide bonds. The summed E-state index contributed by atoms with van der Waals surface area (Å²) in [4.78, 5) is 41.6. The van der Waals surface area contributed by atoms with Crippen LogP contribution >= 0.6 is 34.8 Å². The van der Waals surface area contributed by atoms with Crippen molar-refractivity contribution in [2.75, 3.05) is 25.5 Å². The van der Waals surface area contributed by atoms with Gasteiger partial charge in [-0.25, -0.2) is 9.18 Å². The molecule has 0 radical (unpaired) electrons. The fourth-order valence-corrected chi connectivity index (χ4v) is 7.64. The van der Waals surface area contributed by atoms with Crippen LogP contribution in [-0.2, 0) is 15.0 Å². The van der Waals surface area contributed by atoms with Crippen LogP contribution in [0, 0.1) is 17.7 Å². The highest BCUT2D eigenvalue weighted by Gasteiger charge is 2.63. The molecule has 2 aromatic carbocycles. The third-order valence-corrected chi connectivity index (χ3v) is 9.81. The molecule has 12 heteroatoms. The first-order chi connectivity index (χ1) is 20.6. The van der Waals surface area contributed by atoms with E-state index in [-0.39, 0.29) is 52.6 Å². The Balaban J connectivity index is 1.48. The van der Waals surface area contributed by atoms with Gasteiger partial charge in [0, 0.05) is 55.1 Å². The van der Waals surface area contributed by atoms with Crippen molar-refractivity contribution >= 4 is 58.3 Å². The molecule has 8 nitrogen and oxygen atoms in total. The fourth-order valence-electron chi connectivity index (χ4n) is 7.06. The Hall–Kier alpha value is -3.27. The number of urea groups is 1. The lowest BCUT2D eigenvalue weighted by molar-refractivity contribution is -0.135. The van der Waals surface area contributed by atoms with Gasteiger partial charge in [-0.3, -0.25) is 9.59 Å². The number of nitrogens with zero attached hydrogens (tertiary/aromatic N) is 1. The molecule has 3 N–H and O–H groups in total. The van der Waals surface area contributed by atoms with Crippen LogP contribution in [0.4, 0.5) is 14.9 Å². The molecule has 0 aromatic heterocycles. The van der Waals surface area contributed by atoms with Crippen LogP contribution in [0.5, 0.6) is 5.75 Å². The van der Waals surface area contributed by atoms with E-state index >= 15 is 4.39 Å². The maximum absolute atomic E-state index is 16.4. The van der Waals surface area contributed by atoms with Crippen LogP contribution in [0.2, 0.25) is 10.0 Å². The van der Waals surface area contributed by atoms with Crippen molar-refractivity contribution in [2.45, 2.75) is 43.2 Å². The van der Waals surface area contributed by atoms with Crippen LogP contribution in [0.25, 0.3) is 0 Å². The van der Waals surface area contributed by atoms with E-state index in [9.17, 15) is 14.4 Å². The Morgan fingerprint density at radius 3 is 2.60 bits per heavy atom. The van der Waals surface area contributed by atoms with E-state index in [4.69, 9.17) is 39.5 Å². The average molecular weight is 648 g/mol. The van der Waals surface area contributed by atoms with Crippen molar-refractivity contribution < 1.29 is 23.5 Å². The minimum Gasteiger partial charge on any atom is -0.490 e. The molecule has 4 aliphatic rings. The van der Waals surface area contributed by atoms with E-state index in [0.717, 1.165) is 0 Å². The van der Waals surface area contributed by atoms with E-state index in [0.29, 0.717) is 53.7 Å². The molecule has 1 aliphatic carbocycles. The van der Waals surface area contributed by atoms with Gasteiger partial charge < -0.3 is 25.6 Å². The Morgan fingerprint density at radius 2 is 1.88 bits per heavy atom. The molecule has 3 aliphatic heterocycles. The molecule has 3 heterocycles. The van der Waals surface area contributed by atoms with Gasteiger partial charge >= 0.3 is 6.03 Å². The number of halogens is 4. The van der Waals surface area contributed by atoms with Crippen LogP contribution in [0.3, 0.4) is 0 Å². The third-order valence-electron chi connectivity index (χ3n) is 9.00. The molecule has 2 unspecified atom stereocenters. The number of carbonyl (C=O) groups is 3. The van der Waals surface area contributed by atoms with E-state index in [2.05, 4.69) is 16.0 Å². The fraction of sp³-hybridized carbons (Fsp3) is 0.387. The number of ether oxygens (including phenoxy) is 1. The lowest BCUT2D eigenvalue weighted by atomic mass is 9.56. The summed E-state index contributed by atoms with van der Waals surface area (Å²) in [6, 6.07) is 6.73. The number of rotatable bonds is 4. The number of allylic oxidation sites excluding steroid dienone is 4. The van der Waals surface area contributed by atoms with Gasteiger partial charge in [-0.2, -0.15) is 0 Å².